The summed E-state index contributed by atoms with van der Waals surface area (Å²) in [4.78, 5) is 4.09. The van der Waals surface area contributed by atoms with E-state index in [-0.39, 0.29) is 0 Å². The maximum absolute atomic E-state index is 5.28. The summed E-state index contributed by atoms with van der Waals surface area (Å²) in [6, 6.07) is 7.80. The number of aryl methyl sites for hydroxylation is 1. The number of fused-ring (bicyclic) bond motifs is 1. The molecule has 18 heavy (non-hydrogen) atoms. The van der Waals surface area contributed by atoms with Gasteiger partial charge in [0.1, 0.15) is 5.52 Å². The molecule has 0 saturated heterocycles. The van der Waals surface area contributed by atoms with Crippen molar-refractivity contribution in [1.29, 1.82) is 0 Å². The van der Waals surface area contributed by atoms with Crippen LogP contribution >= 0.6 is 0 Å². The fourth-order valence-corrected chi connectivity index (χ4v) is 1.89. The Kier molecular flexibility index (Phi) is 2.44. The average Bonchev–Trinajstić information content (AvgIpc) is 2.85. The summed E-state index contributed by atoms with van der Waals surface area (Å²) in [5.74, 6) is 0.791. The molecule has 0 amide bonds. The molecule has 5 heteroatoms. The summed E-state index contributed by atoms with van der Waals surface area (Å²) in [5.41, 5.74) is 4.45. The zero-order valence-corrected chi connectivity index (χ0v) is 10.1. The first-order chi connectivity index (χ1) is 8.78. The standard InChI is InChI=1S/C13H12N4O/c1-8-5-11(16-17-13(8)14-2)9-3-4-10-12(6-9)18-7-15-10/h3-7H,1-2H3,(H,14,17). The van der Waals surface area contributed by atoms with Gasteiger partial charge in [-0.15, -0.1) is 10.2 Å². The normalized spacial score (nSPS) is 10.8. The molecule has 1 aromatic carbocycles. The summed E-state index contributed by atoms with van der Waals surface area (Å²) in [6.07, 6.45) is 1.44. The highest BCUT2D eigenvalue weighted by Gasteiger charge is 2.06. The first kappa shape index (κ1) is 10.7. The molecule has 2 aromatic heterocycles. The van der Waals surface area contributed by atoms with Gasteiger partial charge in [-0.05, 0) is 30.7 Å². The van der Waals surface area contributed by atoms with E-state index >= 15 is 0 Å². The number of rotatable bonds is 2. The average molecular weight is 240 g/mol. The molecule has 3 aromatic rings. The third kappa shape index (κ3) is 1.69. The Balaban J connectivity index is 2.10. The van der Waals surface area contributed by atoms with Gasteiger partial charge in [-0.2, -0.15) is 0 Å². The lowest BCUT2D eigenvalue weighted by molar-refractivity contribution is 0.602. The van der Waals surface area contributed by atoms with Crippen molar-refractivity contribution in [1.82, 2.24) is 15.2 Å². The van der Waals surface area contributed by atoms with Crippen molar-refractivity contribution in [3.8, 4) is 11.3 Å². The van der Waals surface area contributed by atoms with E-state index in [0.717, 1.165) is 33.7 Å². The molecule has 0 atom stereocenters. The monoisotopic (exact) mass is 240 g/mol. The molecule has 1 N–H and O–H groups in total. The van der Waals surface area contributed by atoms with Crippen LogP contribution in [0.1, 0.15) is 5.56 Å². The van der Waals surface area contributed by atoms with Crippen LogP contribution in [0.2, 0.25) is 0 Å². The molecule has 0 unspecified atom stereocenters. The molecule has 90 valence electrons. The van der Waals surface area contributed by atoms with Crippen molar-refractivity contribution in [2.24, 2.45) is 0 Å². The molecule has 0 fully saturated rings. The molecular formula is C13H12N4O. The number of nitrogens with one attached hydrogen (secondary N) is 1. The van der Waals surface area contributed by atoms with Gasteiger partial charge < -0.3 is 9.73 Å². The van der Waals surface area contributed by atoms with E-state index in [1.165, 1.54) is 6.39 Å². The van der Waals surface area contributed by atoms with Crippen molar-refractivity contribution in [3.05, 3.63) is 36.2 Å². The van der Waals surface area contributed by atoms with Crippen LogP contribution in [0.15, 0.2) is 35.1 Å². The van der Waals surface area contributed by atoms with Crippen LogP contribution in [-0.4, -0.2) is 22.2 Å². The van der Waals surface area contributed by atoms with Gasteiger partial charge in [-0.3, -0.25) is 0 Å². The first-order valence-corrected chi connectivity index (χ1v) is 5.63. The van der Waals surface area contributed by atoms with E-state index < -0.39 is 0 Å². The molecule has 0 aliphatic heterocycles. The highest BCUT2D eigenvalue weighted by atomic mass is 16.3. The predicted molar refractivity (Wildman–Crippen MR) is 69.3 cm³/mol. The van der Waals surface area contributed by atoms with E-state index in [9.17, 15) is 0 Å². The fourth-order valence-electron chi connectivity index (χ4n) is 1.89. The second kappa shape index (κ2) is 4.10. The van der Waals surface area contributed by atoms with Crippen molar-refractivity contribution in [2.45, 2.75) is 6.92 Å². The van der Waals surface area contributed by atoms with Gasteiger partial charge in [-0.25, -0.2) is 4.98 Å². The number of hydrogen-bond donors (Lipinski definition) is 1. The zero-order chi connectivity index (χ0) is 12.5. The number of aromatic nitrogens is 3. The van der Waals surface area contributed by atoms with E-state index in [1.54, 1.807) is 0 Å². The molecule has 0 aliphatic carbocycles. The Morgan fingerprint density at radius 3 is 2.83 bits per heavy atom. The molecule has 3 rings (SSSR count). The Morgan fingerprint density at radius 2 is 2.06 bits per heavy atom. The van der Waals surface area contributed by atoms with Gasteiger partial charge in [0.2, 0.25) is 0 Å². The van der Waals surface area contributed by atoms with Crippen LogP contribution in [0, 0.1) is 6.92 Å². The third-order valence-electron chi connectivity index (χ3n) is 2.85. The number of anilines is 1. The smallest absolute Gasteiger partial charge is 0.181 e. The molecule has 0 radical (unpaired) electrons. The zero-order valence-electron chi connectivity index (χ0n) is 10.1. The summed E-state index contributed by atoms with van der Waals surface area (Å²) >= 11 is 0. The Hall–Kier alpha value is -2.43. The molecule has 0 saturated carbocycles. The van der Waals surface area contributed by atoms with Crippen LogP contribution in [0.5, 0.6) is 0 Å². The second-order valence-electron chi connectivity index (χ2n) is 4.05. The number of nitrogens with zero attached hydrogens (tertiary/aromatic N) is 3. The highest BCUT2D eigenvalue weighted by Crippen LogP contribution is 2.23. The third-order valence-corrected chi connectivity index (χ3v) is 2.85. The minimum atomic E-state index is 0.754. The van der Waals surface area contributed by atoms with Gasteiger partial charge in [0.25, 0.3) is 0 Å². The molecular weight excluding hydrogens is 228 g/mol. The fraction of sp³-hybridized carbons (Fsp3) is 0.154. The van der Waals surface area contributed by atoms with Crippen molar-refractivity contribution < 1.29 is 4.42 Å². The lowest BCUT2D eigenvalue weighted by Crippen LogP contribution is -1.98. The minimum absolute atomic E-state index is 0.754. The summed E-state index contributed by atoms with van der Waals surface area (Å²) < 4.78 is 5.28. The molecule has 2 heterocycles. The van der Waals surface area contributed by atoms with Crippen LogP contribution in [0.25, 0.3) is 22.4 Å². The quantitative estimate of drug-likeness (QED) is 0.746. The first-order valence-electron chi connectivity index (χ1n) is 5.63. The molecule has 0 aliphatic rings. The second-order valence-corrected chi connectivity index (χ2v) is 4.05. The predicted octanol–water partition coefficient (Wildman–Crippen LogP) is 2.63. The maximum Gasteiger partial charge on any atom is 0.181 e. The van der Waals surface area contributed by atoms with Gasteiger partial charge in [0.05, 0.1) is 5.69 Å². The lowest BCUT2D eigenvalue weighted by atomic mass is 10.1. The van der Waals surface area contributed by atoms with Gasteiger partial charge in [0.15, 0.2) is 17.8 Å². The molecule has 5 nitrogen and oxygen atoms in total. The van der Waals surface area contributed by atoms with Gasteiger partial charge in [0, 0.05) is 12.6 Å². The SMILES string of the molecule is CNc1nnc(-c2ccc3ncoc3c2)cc1C. The van der Waals surface area contributed by atoms with Crippen molar-refractivity contribution in [3.63, 3.8) is 0 Å². The van der Waals surface area contributed by atoms with Gasteiger partial charge >= 0.3 is 0 Å². The van der Waals surface area contributed by atoms with Gasteiger partial charge in [-0.1, -0.05) is 6.07 Å². The van der Waals surface area contributed by atoms with Crippen molar-refractivity contribution in [2.75, 3.05) is 12.4 Å². The lowest BCUT2D eigenvalue weighted by Gasteiger charge is -2.05. The van der Waals surface area contributed by atoms with E-state index in [4.69, 9.17) is 4.42 Å². The van der Waals surface area contributed by atoms with Crippen molar-refractivity contribution >= 4 is 16.9 Å². The largest absolute Gasteiger partial charge is 0.443 e. The number of benzene rings is 1. The molecule has 0 spiro atoms. The summed E-state index contributed by atoms with van der Waals surface area (Å²) in [6.45, 7) is 2.00. The van der Waals surface area contributed by atoms with Crippen LogP contribution in [0.4, 0.5) is 5.82 Å². The van der Waals surface area contributed by atoms with E-state index in [0.29, 0.717) is 0 Å². The Labute approximate surface area is 104 Å². The van der Waals surface area contributed by atoms with Crippen LogP contribution < -0.4 is 5.32 Å². The number of oxazole rings is 1. The minimum Gasteiger partial charge on any atom is -0.443 e. The highest BCUT2D eigenvalue weighted by molar-refractivity contribution is 5.79. The Bertz CT molecular complexity index is 705. The summed E-state index contributed by atoms with van der Waals surface area (Å²) in [5, 5.41) is 11.3. The van der Waals surface area contributed by atoms with E-state index in [1.807, 2.05) is 38.2 Å². The number of hydrogen-bond acceptors (Lipinski definition) is 5. The van der Waals surface area contributed by atoms with Crippen LogP contribution in [0.3, 0.4) is 0 Å². The maximum atomic E-state index is 5.28. The van der Waals surface area contributed by atoms with E-state index in [2.05, 4.69) is 20.5 Å². The molecule has 0 bridgehead atoms. The Morgan fingerprint density at radius 1 is 1.17 bits per heavy atom. The topological polar surface area (TPSA) is 63.8 Å². The summed E-state index contributed by atoms with van der Waals surface area (Å²) in [7, 11) is 1.83. The van der Waals surface area contributed by atoms with Crippen LogP contribution in [-0.2, 0) is 0 Å².